The third-order valence-corrected chi connectivity index (χ3v) is 5.07. The van der Waals surface area contributed by atoms with Crippen molar-refractivity contribution in [2.45, 2.75) is 31.7 Å². The highest BCUT2D eigenvalue weighted by Gasteiger charge is 2.07. The van der Waals surface area contributed by atoms with E-state index in [4.69, 9.17) is 4.55 Å². The molecule has 0 aliphatic heterocycles. The second kappa shape index (κ2) is 9.90. The maximum atomic E-state index is 10.5. The Morgan fingerprint density at radius 3 is 1.90 bits per heavy atom. The third kappa shape index (κ3) is 7.10. The third-order valence-electron chi connectivity index (χ3n) is 4.20. The van der Waals surface area contributed by atoms with Crippen molar-refractivity contribution in [3.8, 4) is 0 Å². The zero-order valence-corrected chi connectivity index (χ0v) is 17.0. The number of nitrogens with zero attached hydrogens (tertiary/aromatic N) is 2. The Labute approximate surface area is 170 Å². The number of rotatable bonds is 5. The predicted octanol–water partition coefficient (Wildman–Crippen LogP) is 3.73. The molecule has 0 saturated carbocycles. The van der Waals surface area contributed by atoms with E-state index in [0.717, 1.165) is 24.1 Å². The summed E-state index contributed by atoms with van der Waals surface area (Å²) in [6.07, 6.45) is 4.88. The van der Waals surface area contributed by atoms with Crippen LogP contribution in [0.2, 0.25) is 0 Å². The predicted molar refractivity (Wildman–Crippen MR) is 109 cm³/mol. The largest absolute Gasteiger partial charge is 0.294 e. The molecule has 1 N–H and O–H groups in total. The minimum Gasteiger partial charge on any atom is -0.282 e. The molecule has 0 amide bonds. The van der Waals surface area contributed by atoms with Gasteiger partial charge in [-0.25, -0.2) is 4.57 Å². The van der Waals surface area contributed by atoms with Crippen LogP contribution in [0.5, 0.6) is 0 Å². The second-order valence-electron chi connectivity index (χ2n) is 6.43. The van der Waals surface area contributed by atoms with Crippen LogP contribution in [-0.4, -0.2) is 17.9 Å². The highest BCUT2D eigenvalue weighted by atomic mass is 32.2. The Balaban J connectivity index is 0.000000234. The number of aryl methyl sites for hydroxylation is 2. The van der Waals surface area contributed by atoms with Gasteiger partial charge in [-0.2, -0.15) is 8.42 Å². The molecule has 2 aromatic carbocycles. The summed E-state index contributed by atoms with van der Waals surface area (Å²) >= 11 is 0. The lowest BCUT2D eigenvalue weighted by Gasteiger charge is -2.01. The van der Waals surface area contributed by atoms with E-state index in [1.807, 2.05) is 19.3 Å². The van der Waals surface area contributed by atoms with Gasteiger partial charge >= 0.3 is 0 Å². The fourth-order valence-electron chi connectivity index (χ4n) is 2.50. The summed E-state index contributed by atoms with van der Waals surface area (Å²) in [5, 5.41) is 10.5. The van der Waals surface area contributed by atoms with Crippen molar-refractivity contribution in [2.24, 2.45) is 0 Å². The molecule has 29 heavy (non-hydrogen) atoms. The molecule has 0 bridgehead atoms. The lowest BCUT2D eigenvalue weighted by Crippen LogP contribution is -2.30. The van der Waals surface area contributed by atoms with Gasteiger partial charge in [-0.15, -0.1) is 0 Å². The van der Waals surface area contributed by atoms with Crippen molar-refractivity contribution < 1.29 is 22.5 Å². The molecule has 152 valence electrons. The monoisotopic (exact) mass is 415 g/mol. The van der Waals surface area contributed by atoms with Crippen LogP contribution in [0.15, 0.2) is 78.0 Å². The SMILES string of the molecule is CC[n+]1ccc(Cc2ccc([N+](=O)[O-])cc2)cc1.Cc1ccc(S(=O)(=O)O)cc1. The molecule has 1 heterocycles. The van der Waals surface area contributed by atoms with Gasteiger partial charge < -0.3 is 0 Å². The van der Waals surface area contributed by atoms with E-state index < -0.39 is 10.1 Å². The van der Waals surface area contributed by atoms with Gasteiger partial charge in [0, 0.05) is 24.3 Å². The summed E-state index contributed by atoms with van der Waals surface area (Å²) in [6.45, 7) is 4.89. The van der Waals surface area contributed by atoms with Gasteiger partial charge in [-0.05, 0) is 43.5 Å². The molecule has 1 aromatic heterocycles. The molecule has 0 aliphatic carbocycles. The van der Waals surface area contributed by atoms with Gasteiger partial charge in [-0.1, -0.05) is 29.8 Å². The summed E-state index contributed by atoms with van der Waals surface area (Å²) in [6, 6.07) is 16.8. The molecule has 0 fully saturated rings. The summed E-state index contributed by atoms with van der Waals surface area (Å²) in [7, 11) is -4.02. The summed E-state index contributed by atoms with van der Waals surface area (Å²) in [5.74, 6) is 0. The minimum absolute atomic E-state index is 0.0666. The molecule has 0 unspecified atom stereocenters. The van der Waals surface area contributed by atoms with Crippen LogP contribution in [0, 0.1) is 17.0 Å². The minimum atomic E-state index is -4.02. The van der Waals surface area contributed by atoms with Crippen molar-refractivity contribution in [3.63, 3.8) is 0 Å². The first-order valence-electron chi connectivity index (χ1n) is 8.94. The van der Waals surface area contributed by atoms with E-state index in [-0.39, 0.29) is 15.5 Å². The van der Waals surface area contributed by atoms with Gasteiger partial charge in [0.05, 0.1) is 9.82 Å². The van der Waals surface area contributed by atoms with Gasteiger partial charge in [0.25, 0.3) is 15.8 Å². The molecule has 8 heteroatoms. The summed E-state index contributed by atoms with van der Waals surface area (Å²) in [5.41, 5.74) is 3.37. The van der Waals surface area contributed by atoms with E-state index in [1.165, 1.54) is 17.7 Å². The Hall–Kier alpha value is -3.10. The van der Waals surface area contributed by atoms with Crippen LogP contribution in [0.25, 0.3) is 0 Å². The number of non-ortho nitro benzene ring substituents is 1. The highest BCUT2D eigenvalue weighted by Crippen LogP contribution is 2.14. The molecule has 0 aliphatic rings. The van der Waals surface area contributed by atoms with Gasteiger partial charge in [0.1, 0.15) is 6.54 Å². The van der Waals surface area contributed by atoms with Crippen LogP contribution in [0.4, 0.5) is 5.69 Å². The first-order valence-corrected chi connectivity index (χ1v) is 10.4. The fraction of sp³-hybridized carbons (Fsp3) is 0.190. The number of hydrogen-bond acceptors (Lipinski definition) is 4. The molecule has 3 rings (SSSR count). The zero-order chi connectivity index (χ0) is 21.4. The smallest absolute Gasteiger partial charge is 0.282 e. The summed E-state index contributed by atoms with van der Waals surface area (Å²) in [4.78, 5) is 10.1. The Morgan fingerprint density at radius 1 is 0.931 bits per heavy atom. The highest BCUT2D eigenvalue weighted by molar-refractivity contribution is 7.85. The first-order chi connectivity index (χ1) is 13.7. The molecule has 7 nitrogen and oxygen atoms in total. The molecule has 0 saturated heterocycles. The number of nitro groups is 1. The van der Waals surface area contributed by atoms with Crippen molar-refractivity contribution in [1.29, 1.82) is 0 Å². The van der Waals surface area contributed by atoms with Gasteiger partial charge in [0.15, 0.2) is 12.4 Å². The molecular formula is C21H23N2O5S+. The normalized spacial score (nSPS) is 10.7. The van der Waals surface area contributed by atoms with E-state index in [1.54, 1.807) is 36.4 Å². The standard InChI is InChI=1S/C14H15N2O2.C7H8O3S/c1-2-15-9-7-13(8-10-15)11-12-3-5-14(6-4-12)16(17)18;1-6-2-4-7(5-3-6)11(8,9)10/h3-10H,2,11H2,1H3;2-5H,1H3,(H,8,9,10)/q+1;. The van der Waals surface area contributed by atoms with Crippen molar-refractivity contribution in [3.05, 3.63) is 99.9 Å². The lowest BCUT2D eigenvalue weighted by atomic mass is 10.1. The van der Waals surface area contributed by atoms with E-state index >= 15 is 0 Å². The number of nitro benzene ring substituents is 1. The quantitative estimate of drug-likeness (QED) is 0.296. The van der Waals surface area contributed by atoms with E-state index in [2.05, 4.69) is 23.6 Å². The van der Waals surface area contributed by atoms with Crippen molar-refractivity contribution in [2.75, 3.05) is 0 Å². The van der Waals surface area contributed by atoms with Gasteiger partial charge in [-0.3, -0.25) is 14.7 Å². The molecular weight excluding hydrogens is 392 g/mol. The van der Waals surface area contributed by atoms with Crippen molar-refractivity contribution in [1.82, 2.24) is 0 Å². The van der Waals surface area contributed by atoms with E-state index in [0.29, 0.717) is 0 Å². The van der Waals surface area contributed by atoms with E-state index in [9.17, 15) is 18.5 Å². The number of hydrogen-bond donors (Lipinski definition) is 1. The topological polar surface area (TPSA) is 101 Å². The molecule has 3 aromatic rings. The second-order valence-corrected chi connectivity index (χ2v) is 7.85. The average Bonchev–Trinajstić information content (AvgIpc) is 2.69. The zero-order valence-electron chi connectivity index (χ0n) is 16.2. The first kappa shape index (κ1) is 22.2. The van der Waals surface area contributed by atoms with Crippen LogP contribution >= 0.6 is 0 Å². The average molecular weight is 415 g/mol. The number of aromatic nitrogens is 1. The maximum Gasteiger partial charge on any atom is 0.294 e. The molecule has 0 spiro atoms. The number of pyridine rings is 1. The molecule has 0 atom stereocenters. The summed E-state index contributed by atoms with van der Waals surface area (Å²) < 4.78 is 31.6. The molecule has 0 radical (unpaired) electrons. The van der Waals surface area contributed by atoms with Crippen LogP contribution in [0.1, 0.15) is 23.6 Å². The Morgan fingerprint density at radius 2 is 1.45 bits per heavy atom. The van der Waals surface area contributed by atoms with Crippen LogP contribution < -0.4 is 4.57 Å². The lowest BCUT2D eigenvalue weighted by molar-refractivity contribution is -0.693. The van der Waals surface area contributed by atoms with Gasteiger partial charge in [0.2, 0.25) is 0 Å². The number of benzene rings is 2. The van der Waals surface area contributed by atoms with Crippen LogP contribution in [0.3, 0.4) is 0 Å². The Bertz CT molecular complexity index is 1050. The Kier molecular flexibility index (Phi) is 7.58. The maximum absolute atomic E-state index is 10.5. The van der Waals surface area contributed by atoms with Crippen molar-refractivity contribution >= 4 is 15.8 Å². The van der Waals surface area contributed by atoms with Crippen LogP contribution in [-0.2, 0) is 23.1 Å². The fourth-order valence-corrected chi connectivity index (χ4v) is 2.98.